The van der Waals surface area contributed by atoms with Crippen molar-refractivity contribution in [1.29, 1.82) is 0 Å². The molecule has 1 aromatic carbocycles. The second-order valence-electron chi connectivity index (χ2n) is 6.26. The summed E-state index contributed by atoms with van der Waals surface area (Å²) in [5, 5.41) is 4.84. The molecular weight excluding hydrogens is 401 g/mol. The van der Waals surface area contributed by atoms with E-state index in [1.165, 1.54) is 11.8 Å². The first-order chi connectivity index (χ1) is 11.4. The third-order valence-electron chi connectivity index (χ3n) is 3.73. The number of nitrogens with one attached hydrogen (secondary N) is 1. The summed E-state index contributed by atoms with van der Waals surface area (Å²) in [4.78, 5) is 20.3. The highest BCUT2D eigenvalue weighted by Crippen LogP contribution is 2.39. The molecule has 2 aliphatic heterocycles. The molecule has 0 aromatic heterocycles. The lowest BCUT2D eigenvalue weighted by atomic mass is 10.1. The van der Waals surface area contributed by atoms with E-state index in [0.29, 0.717) is 21.7 Å². The van der Waals surface area contributed by atoms with Crippen LogP contribution in [0.1, 0.15) is 26.7 Å². The van der Waals surface area contributed by atoms with E-state index >= 15 is 0 Å². The van der Waals surface area contributed by atoms with Gasteiger partial charge in [0.05, 0.1) is 4.91 Å². The molecule has 0 saturated heterocycles. The lowest BCUT2D eigenvalue weighted by molar-refractivity contribution is -0.112. The van der Waals surface area contributed by atoms with Crippen molar-refractivity contribution >= 4 is 64.1 Å². The predicted molar refractivity (Wildman–Crippen MR) is 110 cm³/mol. The van der Waals surface area contributed by atoms with Crippen LogP contribution in [0.4, 0.5) is 5.69 Å². The van der Waals surface area contributed by atoms with Crippen LogP contribution in [-0.4, -0.2) is 29.1 Å². The Morgan fingerprint density at radius 1 is 1.32 bits per heavy atom. The lowest BCUT2D eigenvalue weighted by Gasteiger charge is -2.26. The first kappa shape index (κ1) is 20.4. The molecule has 0 unspecified atom stereocenters. The summed E-state index contributed by atoms with van der Waals surface area (Å²) in [6.45, 7) is 6.06. The summed E-state index contributed by atoms with van der Waals surface area (Å²) in [5.74, 6) is 0.330. The average molecular weight is 421 g/mol. The van der Waals surface area contributed by atoms with Gasteiger partial charge in [0.1, 0.15) is 0 Å². The lowest BCUT2D eigenvalue weighted by Crippen LogP contribution is -2.30. The second kappa shape index (κ2) is 8.67. The van der Waals surface area contributed by atoms with Gasteiger partial charge >= 0.3 is 0 Å². The number of fused-ring (bicyclic) bond motifs is 1. The van der Waals surface area contributed by atoms with E-state index in [1.807, 2.05) is 0 Å². The van der Waals surface area contributed by atoms with Crippen LogP contribution in [0.15, 0.2) is 33.8 Å². The number of rotatable bonds is 4. The van der Waals surface area contributed by atoms with Crippen LogP contribution >= 0.6 is 47.4 Å². The van der Waals surface area contributed by atoms with Crippen LogP contribution in [0.5, 0.6) is 0 Å². The van der Waals surface area contributed by atoms with Crippen molar-refractivity contribution in [2.24, 2.45) is 10.9 Å². The standard InChI is InChI=1S/C17H19Cl2N3OS.ClH/c1-10(2)6-14-15(24-17-20-4-3-5-22(14)17)16(23)21-13-8-11(18)7-12(19)9-13;/h7-10H,3-6H2,1-2H3,(H,21,23);1H. The van der Waals surface area contributed by atoms with Gasteiger partial charge in [-0.2, -0.15) is 0 Å². The SMILES string of the molecule is CC(C)CC1=C(C(=O)Nc2cc(Cl)cc(Cl)c2)SC2=NCCCN21.Cl. The zero-order valence-corrected chi connectivity index (χ0v) is 17.2. The van der Waals surface area contributed by atoms with Crippen molar-refractivity contribution in [2.75, 3.05) is 18.4 Å². The fourth-order valence-corrected chi connectivity index (χ4v) is 4.41. The Morgan fingerprint density at radius 2 is 2.00 bits per heavy atom. The van der Waals surface area contributed by atoms with Gasteiger partial charge in [0, 0.05) is 34.5 Å². The van der Waals surface area contributed by atoms with E-state index in [1.54, 1.807) is 18.2 Å². The van der Waals surface area contributed by atoms with Crippen LogP contribution in [0.2, 0.25) is 10.0 Å². The summed E-state index contributed by atoms with van der Waals surface area (Å²) >= 11 is 13.5. The summed E-state index contributed by atoms with van der Waals surface area (Å²) in [7, 11) is 0. The van der Waals surface area contributed by atoms with Gasteiger partial charge in [-0.3, -0.25) is 9.79 Å². The number of hydrogen-bond acceptors (Lipinski definition) is 4. The molecule has 2 aliphatic rings. The molecule has 136 valence electrons. The number of nitrogens with zero attached hydrogens (tertiary/aromatic N) is 2. The van der Waals surface area contributed by atoms with Crippen molar-refractivity contribution in [1.82, 2.24) is 4.90 Å². The third kappa shape index (κ3) is 4.85. The Kier molecular flexibility index (Phi) is 7.09. The predicted octanol–water partition coefficient (Wildman–Crippen LogP) is 5.42. The number of thioether (sulfide) groups is 1. The van der Waals surface area contributed by atoms with Crippen molar-refractivity contribution in [3.8, 4) is 0 Å². The molecular formula is C17H20Cl3N3OS. The monoisotopic (exact) mass is 419 g/mol. The number of carbonyl (C=O) groups excluding carboxylic acids is 1. The second-order valence-corrected chi connectivity index (χ2v) is 8.11. The van der Waals surface area contributed by atoms with E-state index in [9.17, 15) is 4.79 Å². The normalized spacial score (nSPS) is 16.5. The molecule has 0 atom stereocenters. The van der Waals surface area contributed by atoms with Gasteiger partial charge in [0.2, 0.25) is 0 Å². The molecule has 4 nitrogen and oxygen atoms in total. The van der Waals surface area contributed by atoms with Gasteiger partial charge in [-0.25, -0.2) is 0 Å². The number of aliphatic imine (C=N–C) groups is 1. The number of benzene rings is 1. The zero-order valence-electron chi connectivity index (χ0n) is 14.0. The number of amidine groups is 1. The zero-order chi connectivity index (χ0) is 17.3. The van der Waals surface area contributed by atoms with Crippen LogP contribution < -0.4 is 5.32 Å². The molecule has 2 heterocycles. The minimum Gasteiger partial charge on any atom is -0.323 e. The van der Waals surface area contributed by atoms with E-state index in [2.05, 4.69) is 29.1 Å². The number of amides is 1. The molecule has 0 radical (unpaired) electrons. The summed E-state index contributed by atoms with van der Waals surface area (Å²) in [5.41, 5.74) is 1.67. The maximum Gasteiger partial charge on any atom is 0.264 e. The summed E-state index contributed by atoms with van der Waals surface area (Å²) < 4.78 is 0. The Morgan fingerprint density at radius 3 is 2.64 bits per heavy atom. The van der Waals surface area contributed by atoms with E-state index in [0.717, 1.165) is 41.7 Å². The van der Waals surface area contributed by atoms with Crippen LogP contribution in [0.3, 0.4) is 0 Å². The number of carbonyl (C=O) groups is 1. The fourth-order valence-electron chi connectivity index (χ4n) is 2.78. The van der Waals surface area contributed by atoms with Gasteiger partial charge in [-0.1, -0.05) is 37.0 Å². The Hall–Kier alpha value is -0.880. The average Bonchev–Trinajstić information content (AvgIpc) is 2.84. The molecule has 0 spiro atoms. The van der Waals surface area contributed by atoms with E-state index in [4.69, 9.17) is 23.2 Å². The summed E-state index contributed by atoms with van der Waals surface area (Å²) in [6, 6.07) is 5.03. The van der Waals surface area contributed by atoms with Gasteiger partial charge in [-0.15, -0.1) is 12.4 Å². The summed E-state index contributed by atoms with van der Waals surface area (Å²) in [6.07, 6.45) is 1.87. The van der Waals surface area contributed by atoms with E-state index in [-0.39, 0.29) is 18.3 Å². The molecule has 1 N–H and O–H groups in total. The first-order valence-electron chi connectivity index (χ1n) is 7.94. The minimum absolute atomic E-state index is 0. The first-order valence-corrected chi connectivity index (χ1v) is 9.51. The number of allylic oxidation sites excluding steroid dienone is 1. The maximum absolute atomic E-state index is 12.8. The molecule has 1 aromatic rings. The Balaban J connectivity index is 0.00000225. The van der Waals surface area contributed by atoms with Crippen molar-refractivity contribution in [3.63, 3.8) is 0 Å². The molecule has 0 saturated carbocycles. The Labute approximate surface area is 168 Å². The third-order valence-corrected chi connectivity index (χ3v) is 5.32. The van der Waals surface area contributed by atoms with Gasteiger partial charge < -0.3 is 10.2 Å². The van der Waals surface area contributed by atoms with Crippen LogP contribution in [0, 0.1) is 5.92 Å². The topological polar surface area (TPSA) is 44.7 Å². The fraction of sp³-hybridized carbons (Fsp3) is 0.412. The highest BCUT2D eigenvalue weighted by molar-refractivity contribution is 8.18. The highest BCUT2D eigenvalue weighted by Gasteiger charge is 2.34. The Bertz CT molecular complexity index is 714. The molecule has 0 fully saturated rings. The largest absolute Gasteiger partial charge is 0.323 e. The smallest absolute Gasteiger partial charge is 0.264 e. The molecule has 8 heteroatoms. The molecule has 25 heavy (non-hydrogen) atoms. The molecule has 3 rings (SSSR count). The van der Waals surface area contributed by atoms with Crippen LogP contribution in [0.25, 0.3) is 0 Å². The molecule has 1 amide bonds. The quantitative estimate of drug-likeness (QED) is 0.707. The minimum atomic E-state index is -0.133. The van der Waals surface area contributed by atoms with Crippen molar-refractivity contribution in [3.05, 3.63) is 38.8 Å². The van der Waals surface area contributed by atoms with Gasteiger partial charge in [0.25, 0.3) is 5.91 Å². The van der Waals surface area contributed by atoms with Crippen molar-refractivity contribution in [2.45, 2.75) is 26.7 Å². The van der Waals surface area contributed by atoms with E-state index < -0.39 is 0 Å². The number of anilines is 1. The molecule has 0 aliphatic carbocycles. The number of halogens is 3. The van der Waals surface area contributed by atoms with Gasteiger partial charge in [-0.05, 0) is 48.7 Å². The number of hydrogen-bond donors (Lipinski definition) is 1. The highest BCUT2D eigenvalue weighted by atomic mass is 35.5. The van der Waals surface area contributed by atoms with Crippen molar-refractivity contribution < 1.29 is 4.79 Å². The van der Waals surface area contributed by atoms with Crippen LogP contribution in [-0.2, 0) is 4.79 Å². The van der Waals surface area contributed by atoms with Gasteiger partial charge in [0.15, 0.2) is 5.17 Å². The maximum atomic E-state index is 12.8. The molecule has 0 bridgehead atoms.